The maximum absolute atomic E-state index is 13.2. The van der Waals surface area contributed by atoms with Crippen LogP contribution in [-0.2, 0) is 23.1 Å². The lowest BCUT2D eigenvalue weighted by Gasteiger charge is -2.58. The topological polar surface area (TPSA) is 203 Å². The Kier molecular flexibility index (Phi) is 17.1. The van der Waals surface area contributed by atoms with Crippen LogP contribution in [0.1, 0.15) is 118 Å². The number of amidine groups is 1. The Labute approximate surface area is 324 Å². The van der Waals surface area contributed by atoms with Crippen molar-refractivity contribution in [3.05, 3.63) is 11.6 Å². The Morgan fingerprint density at radius 2 is 1.74 bits per heavy atom. The van der Waals surface area contributed by atoms with E-state index in [1.807, 2.05) is 0 Å². The highest BCUT2D eigenvalue weighted by Crippen LogP contribution is 2.67. The Hall–Kier alpha value is -1.63. The van der Waals surface area contributed by atoms with Crippen molar-refractivity contribution in [2.45, 2.75) is 130 Å². The van der Waals surface area contributed by atoms with E-state index in [0.29, 0.717) is 35.7 Å². The average Bonchev–Trinajstić information content (AvgIpc) is 3.44. The smallest absolute Gasteiger partial charge is 0.405 e. The van der Waals surface area contributed by atoms with Crippen molar-refractivity contribution < 1.29 is 23.1 Å². The SMILES string of the molecule is CC(N)=NCCOP(=O)(NCCSCCC(N)C(=O)OC1CCC2(C)C(=CCC3C2CCC2(C)C(CCCCC(C)C)CCC32)C1)OCCN=C(N)N. The molecule has 0 amide bonds. The van der Waals surface area contributed by atoms with Crippen LogP contribution < -0.4 is 28.0 Å². The molecule has 3 fully saturated rings. The molecule has 4 aliphatic carbocycles. The third-order valence-corrected chi connectivity index (χ3v) is 15.6. The number of nitrogens with two attached hydrogens (primary N) is 4. The molecule has 0 aromatic rings. The van der Waals surface area contributed by atoms with Crippen LogP contribution in [0.25, 0.3) is 0 Å². The zero-order valence-corrected chi connectivity index (χ0v) is 35.1. The largest absolute Gasteiger partial charge is 0.461 e. The summed E-state index contributed by atoms with van der Waals surface area (Å²) in [6.07, 6.45) is 18.1. The van der Waals surface area contributed by atoms with Gasteiger partial charge < -0.3 is 27.7 Å². The molecule has 3 saturated carbocycles. The van der Waals surface area contributed by atoms with Crippen molar-refractivity contribution in [1.29, 1.82) is 0 Å². The summed E-state index contributed by atoms with van der Waals surface area (Å²) in [7, 11) is -3.61. The first kappa shape index (κ1) is 44.1. The van der Waals surface area contributed by atoms with E-state index < -0.39 is 13.8 Å². The summed E-state index contributed by atoms with van der Waals surface area (Å²) in [5, 5.41) is 2.88. The number of hydrogen-bond acceptors (Lipinski definition) is 9. The van der Waals surface area contributed by atoms with Crippen molar-refractivity contribution >= 4 is 37.3 Å². The molecule has 0 heterocycles. The summed E-state index contributed by atoms with van der Waals surface area (Å²) in [6, 6.07) is -0.676. The summed E-state index contributed by atoms with van der Waals surface area (Å²) in [5.41, 5.74) is 24.8. The fourth-order valence-corrected chi connectivity index (χ4v) is 12.3. The van der Waals surface area contributed by atoms with Gasteiger partial charge in [-0.15, -0.1) is 0 Å². The lowest BCUT2D eigenvalue weighted by atomic mass is 9.47. The Bertz CT molecular complexity index is 1300. The van der Waals surface area contributed by atoms with Gasteiger partial charge in [0.2, 0.25) is 0 Å². The second-order valence-corrected chi connectivity index (χ2v) is 20.0. The van der Waals surface area contributed by atoms with E-state index >= 15 is 0 Å². The molecule has 0 aromatic carbocycles. The lowest BCUT2D eigenvalue weighted by molar-refractivity contribution is -0.153. The van der Waals surface area contributed by atoms with Crippen LogP contribution in [0.15, 0.2) is 21.6 Å². The second kappa shape index (κ2) is 20.5. The Morgan fingerprint density at radius 3 is 2.43 bits per heavy atom. The molecule has 304 valence electrons. The molecule has 4 rings (SSSR count). The fraction of sp³-hybridized carbons (Fsp3) is 0.872. The number of nitrogens with zero attached hydrogens (tertiary/aromatic N) is 2. The molecule has 0 bridgehead atoms. The zero-order valence-electron chi connectivity index (χ0n) is 33.4. The van der Waals surface area contributed by atoms with E-state index in [1.165, 1.54) is 63.4 Å². The first-order valence-electron chi connectivity index (χ1n) is 20.4. The molecule has 9 atom stereocenters. The molecule has 0 spiro atoms. The second-order valence-electron chi connectivity index (χ2n) is 17.0. The number of carbonyl (C=O) groups is 1. The van der Waals surface area contributed by atoms with Crippen LogP contribution in [-0.4, -0.2) is 74.3 Å². The standard InChI is InChI=1S/C39H72N7O5PS/c1-27(2)8-6-7-9-29-11-13-33-32-12-10-30-26-31(14-17-39(30,5)34(32)15-18-38(29,33)4)51-36(47)35(41)16-24-53-25-21-46-52(48,49-22-19-44-28(3)40)50-23-20-45-37(42)43/h10,27,29,31-35H,6-9,11-26,41H2,1-5H3,(H2,40,44)(H,46,48)(H4,42,43,45). The number of carbonyl (C=O) groups excluding carboxylic acids is 1. The minimum absolute atomic E-state index is 0.0172. The molecule has 0 aliphatic heterocycles. The maximum atomic E-state index is 13.2. The summed E-state index contributed by atoms with van der Waals surface area (Å²) in [6.45, 7) is 12.4. The molecule has 9 unspecified atom stereocenters. The van der Waals surface area contributed by atoms with E-state index in [1.54, 1.807) is 18.7 Å². The molecule has 12 nitrogen and oxygen atoms in total. The quantitative estimate of drug-likeness (QED) is 0.0200. The van der Waals surface area contributed by atoms with E-state index in [0.717, 1.165) is 48.9 Å². The van der Waals surface area contributed by atoms with Crippen molar-refractivity contribution in [3.63, 3.8) is 0 Å². The van der Waals surface area contributed by atoms with Gasteiger partial charge in [0.1, 0.15) is 12.1 Å². The van der Waals surface area contributed by atoms with Gasteiger partial charge in [-0.3, -0.25) is 23.8 Å². The average molecular weight is 782 g/mol. The number of nitrogens with one attached hydrogen (secondary N) is 1. The summed E-state index contributed by atoms with van der Waals surface area (Å²) < 4.78 is 30.2. The van der Waals surface area contributed by atoms with Crippen molar-refractivity contribution in [3.8, 4) is 0 Å². The van der Waals surface area contributed by atoms with Gasteiger partial charge in [0.25, 0.3) is 0 Å². The van der Waals surface area contributed by atoms with Crippen molar-refractivity contribution in [2.75, 3.05) is 44.4 Å². The number of allylic oxidation sites excluding steroid dienone is 1. The molecule has 53 heavy (non-hydrogen) atoms. The minimum atomic E-state index is -3.61. The third-order valence-electron chi connectivity index (χ3n) is 12.9. The third kappa shape index (κ3) is 12.4. The molecule has 9 N–H and O–H groups in total. The molecule has 0 saturated heterocycles. The van der Waals surface area contributed by atoms with Gasteiger partial charge in [0, 0.05) is 18.7 Å². The van der Waals surface area contributed by atoms with Gasteiger partial charge >= 0.3 is 13.7 Å². The number of aliphatic imine (C=N–C) groups is 2. The molecule has 4 aliphatic rings. The Balaban J connectivity index is 1.18. The lowest BCUT2D eigenvalue weighted by Crippen LogP contribution is -2.50. The van der Waals surface area contributed by atoms with E-state index in [4.69, 9.17) is 36.7 Å². The number of unbranched alkanes of at least 4 members (excludes halogenated alkanes) is 1. The first-order valence-corrected chi connectivity index (χ1v) is 23.1. The monoisotopic (exact) mass is 782 g/mol. The summed E-state index contributed by atoms with van der Waals surface area (Å²) in [4.78, 5) is 21.0. The van der Waals surface area contributed by atoms with Gasteiger partial charge in [-0.25, -0.2) is 9.65 Å². The molecule has 0 aromatic heterocycles. The number of fused-ring (bicyclic) bond motifs is 5. The normalized spacial score (nSPS) is 31.5. The summed E-state index contributed by atoms with van der Waals surface area (Å²) >= 11 is 1.60. The van der Waals surface area contributed by atoms with Crippen molar-refractivity contribution in [1.82, 2.24) is 5.09 Å². The van der Waals surface area contributed by atoms with Crippen molar-refractivity contribution in [2.24, 2.45) is 73.3 Å². The van der Waals surface area contributed by atoms with E-state index in [-0.39, 0.29) is 49.8 Å². The summed E-state index contributed by atoms with van der Waals surface area (Å²) in [5.74, 6) is 5.42. The van der Waals surface area contributed by atoms with E-state index in [9.17, 15) is 9.36 Å². The van der Waals surface area contributed by atoms with Gasteiger partial charge in [0.05, 0.1) is 32.1 Å². The number of esters is 1. The van der Waals surface area contributed by atoms with E-state index in [2.05, 4.69) is 48.8 Å². The predicted molar refractivity (Wildman–Crippen MR) is 219 cm³/mol. The molecule has 0 radical (unpaired) electrons. The Morgan fingerprint density at radius 1 is 1.00 bits per heavy atom. The molecular weight excluding hydrogens is 710 g/mol. The van der Waals surface area contributed by atoms with Crippen LogP contribution >= 0.6 is 19.5 Å². The highest BCUT2D eigenvalue weighted by atomic mass is 32.2. The van der Waals surface area contributed by atoms with Gasteiger partial charge in [-0.05, 0) is 111 Å². The van der Waals surface area contributed by atoms with Crippen LogP contribution in [0, 0.1) is 40.4 Å². The minimum Gasteiger partial charge on any atom is -0.461 e. The number of guanidine groups is 1. The number of thioether (sulfide) groups is 1. The van der Waals surface area contributed by atoms with Crippen LogP contribution in [0.2, 0.25) is 0 Å². The highest BCUT2D eigenvalue weighted by molar-refractivity contribution is 7.99. The van der Waals surface area contributed by atoms with Gasteiger partial charge in [-0.1, -0.05) is 58.6 Å². The fourth-order valence-electron chi connectivity index (χ4n) is 10.0. The highest BCUT2D eigenvalue weighted by Gasteiger charge is 2.58. The predicted octanol–water partition coefficient (Wildman–Crippen LogP) is 6.53. The number of ether oxygens (including phenoxy) is 1. The van der Waals surface area contributed by atoms with Crippen LogP contribution in [0.5, 0.6) is 0 Å². The molecule has 14 heteroatoms. The molecular formula is C39H72N7O5PS. The number of rotatable bonds is 22. The first-order chi connectivity index (χ1) is 25.2. The van der Waals surface area contributed by atoms with Crippen LogP contribution in [0.4, 0.5) is 0 Å². The van der Waals surface area contributed by atoms with Crippen LogP contribution in [0.3, 0.4) is 0 Å². The van der Waals surface area contributed by atoms with Gasteiger partial charge in [0.15, 0.2) is 5.96 Å². The number of hydrogen-bond donors (Lipinski definition) is 5. The van der Waals surface area contributed by atoms with Gasteiger partial charge in [-0.2, -0.15) is 11.8 Å². The zero-order chi connectivity index (χ0) is 38.6. The maximum Gasteiger partial charge on any atom is 0.405 e.